The van der Waals surface area contributed by atoms with Gasteiger partial charge in [-0.1, -0.05) is 30.7 Å². The first-order valence-corrected chi connectivity index (χ1v) is 9.50. The molecule has 1 N–H and O–H groups in total. The summed E-state index contributed by atoms with van der Waals surface area (Å²) < 4.78 is 0. The molecule has 0 aromatic heterocycles. The number of fused-ring (bicyclic) bond motifs is 1. The molecule has 0 spiro atoms. The van der Waals surface area contributed by atoms with E-state index in [4.69, 9.17) is 11.6 Å². The molecule has 1 heterocycles. The molecule has 0 unspecified atom stereocenters. The molecule has 5 rings (SSSR count). The van der Waals surface area contributed by atoms with Crippen LogP contribution in [0.25, 0.3) is 0 Å². The average Bonchev–Trinajstić information content (AvgIpc) is 2.93. The third-order valence-corrected chi connectivity index (χ3v) is 6.16. The first kappa shape index (κ1) is 17.3. The molecule has 1 saturated carbocycles. The number of carbonyl (C=O) groups excluding carboxylic acids is 3. The molecule has 3 aliphatic carbocycles. The lowest BCUT2D eigenvalue weighted by atomic mass is 9.63. The number of anilines is 1. The Labute approximate surface area is 157 Å². The number of rotatable bonds is 4. The SMILES string of the molecule is CC[C@H](C(=O)Nc1ccc(Cl)cc1)N1C(=O)[C@@H]2[C@H](C1=O)[C@H]1C=C[C@H]2CC1. The molecule has 5 atom stereocenters. The maximum atomic E-state index is 13.0. The summed E-state index contributed by atoms with van der Waals surface area (Å²) in [6.07, 6.45) is 6.45. The van der Waals surface area contributed by atoms with Crippen molar-refractivity contribution in [2.24, 2.45) is 23.7 Å². The first-order chi connectivity index (χ1) is 12.5. The number of amides is 3. The Bertz CT molecular complexity index is 757. The zero-order valence-electron chi connectivity index (χ0n) is 14.5. The zero-order chi connectivity index (χ0) is 18.4. The number of nitrogens with one attached hydrogen (secondary N) is 1. The minimum Gasteiger partial charge on any atom is -0.324 e. The summed E-state index contributed by atoms with van der Waals surface area (Å²) in [7, 11) is 0. The second kappa shape index (κ2) is 6.54. The first-order valence-electron chi connectivity index (χ1n) is 9.13. The van der Waals surface area contributed by atoms with Crippen molar-refractivity contribution in [3.63, 3.8) is 0 Å². The van der Waals surface area contributed by atoms with Crippen LogP contribution in [-0.4, -0.2) is 28.7 Å². The van der Waals surface area contributed by atoms with Gasteiger partial charge in [-0.3, -0.25) is 19.3 Å². The van der Waals surface area contributed by atoms with Crippen LogP contribution in [0.4, 0.5) is 5.69 Å². The van der Waals surface area contributed by atoms with E-state index in [0.717, 1.165) is 12.8 Å². The largest absolute Gasteiger partial charge is 0.324 e. The summed E-state index contributed by atoms with van der Waals surface area (Å²) >= 11 is 5.87. The van der Waals surface area contributed by atoms with Crippen LogP contribution in [0.2, 0.25) is 5.02 Å². The molecule has 6 heteroatoms. The van der Waals surface area contributed by atoms with Crippen molar-refractivity contribution in [1.29, 1.82) is 0 Å². The number of allylic oxidation sites excluding steroid dienone is 2. The van der Waals surface area contributed by atoms with Crippen molar-refractivity contribution in [1.82, 2.24) is 4.90 Å². The number of hydrogen-bond acceptors (Lipinski definition) is 3. The zero-order valence-corrected chi connectivity index (χ0v) is 15.3. The minimum atomic E-state index is -0.782. The Kier molecular flexibility index (Phi) is 4.35. The van der Waals surface area contributed by atoms with Crippen LogP contribution < -0.4 is 5.32 Å². The number of imide groups is 1. The summed E-state index contributed by atoms with van der Waals surface area (Å²) in [5, 5.41) is 3.37. The molecule has 0 radical (unpaired) electrons. The summed E-state index contributed by atoms with van der Waals surface area (Å²) in [5.74, 6) is -1.02. The fourth-order valence-corrected chi connectivity index (χ4v) is 4.77. The van der Waals surface area contributed by atoms with E-state index in [2.05, 4.69) is 17.5 Å². The molecular formula is C20H21ClN2O3. The van der Waals surface area contributed by atoms with Gasteiger partial charge in [0.05, 0.1) is 11.8 Å². The maximum Gasteiger partial charge on any atom is 0.247 e. The Morgan fingerprint density at radius 3 is 2.12 bits per heavy atom. The maximum absolute atomic E-state index is 13.0. The second-order valence-corrected chi connectivity index (χ2v) is 7.74. The Balaban J connectivity index is 1.56. The van der Waals surface area contributed by atoms with Crippen molar-refractivity contribution in [3.8, 4) is 0 Å². The molecule has 136 valence electrons. The van der Waals surface area contributed by atoms with Crippen LogP contribution in [-0.2, 0) is 14.4 Å². The average molecular weight is 373 g/mol. The van der Waals surface area contributed by atoms with Crippen molar-refractivity contribution >= 4 is 35.0 Å². The lowest BCUT2D eigenvalue weighted by Gasteiger charge is -2.38. The quantitative estimate of drug-likeness (QED) is 0.651. The Morgan fingerprint density at radius 2 is 1.65 bits per heavy atom. The van der Waals surface area contributed by atoms with E-state index in [1.165, 1.54) is 4.90 Å². The van der Waals surface area contributed by atoms with E-state index < -0.39 is 6.04 Å². The smallest absolute Gasteiger partial charge is 0.247 e. The number of nitrogens with zero attached hydrogens (tertiary/aromatic N) is 1. The molecule has 3 amide bonds. The van der Waals surface area contributed by atoms with Gasteiger partial charge < -0.3 is 5.32 Å². The van der Waals surface area contributed by atoms with Gasteiger partial charge in [-0.15, -0.1) is 0 Å². The van der Waals surface area contributed by atoms with Crippen molar-refractivity contribution < 1.29 is 14.4 Å². The van der Waals surface area contributed by atoms with E-state index in [1.807, 2.05) is 6.92 Å². The minimum absolute atomic E-state index is 0.128. The highest BCUT2D eigenvalue weighted by molar-refractivity contribution is 6.30. The summed E-state index contributed by atoms with van der Waals surface area (Å²) in [4.78, 5) is 40.1. The van der Waals surface area contributed by atoms with Gasteiger partial charge in [-0.05, 0) is 55.4 Å². The van der Waals surface area contributed by atoms with Gasteiger partial charge in [0, 0.05) is 10.7 Å². The third-order valence-electron chi connectivity index (χ3n) is 5.91. The van der Waals surface area contributed by atoms with Crippen molar-refractivity contribution in [2.75, 3.05) is 5.32 Å². The summed E-state index contributed by atoms with van der Waals surface area (Å²) in [6, 6.07) is 5.98. The molecule has 1 saturated heterocycles. The number of benzene rings is 1. The number of carbonyl (C=O) groups is 3. The van der Waals surface area contributed by atoms with E-state index in [9.17, 15) is 14.4 Å². The fraction of sp³-hybridized carbons (Fsp3) is 0.450. The molecule has 4 aliphatic rings. The molecule has 2 fully saturated rings. The lowest BCUT2D eigenvalue weighted by molar-refractivity contribution is -0.146. The van der Waals surface area contributed by atoms with Crippen LogP contribution >= 0.6 is 11.6 Å². The van der Waals surface area contributed by atoms with E-state index in [0.29, 0.717) is 17.1 Å². The predicted octanol–water partition coefficient (Wildman–Crippen LogP) is 3.25. The topological polar surface area (TPSA) is 66.5 Å². The molecule has 26 heavy (non-hydrogen) atoms. The predicted molar refractivity (Wildman–Crippen MR) is 98.3 cm³/mol. The van der Waals surface area contributed by atoms with Crippen LogP contribution in [0, 0.1) is 23.7 Å². The van der Waals surface area contributed by atoms with Gasteiger partial charge in [-0.2, -0.15) is 0 Å². The number of hydrogen-bond donors (Lipinski definition) is 1. The highest BCUT2D eigenvalue weighted by atomic mass is 35.5. The second-order valence-electron chi connectivity index (χ2n) is 7.31. The van der Waals surface area contributed by atoms with Crippen LogP contribution in [0.3, 0.4) is 0 Å². The number of likely N-dealkylation sites (tertiary alicyclic amines) is 1. The normalized spacial score (nSPS) is 30.5. The van der Waals surface area contributed by atoms with Gasteiger partial charge in [-0.25, -0.2) is 0 Å². The van der Waals surface area contributed by atoms with E-state index >= 15 is 0 Å². The van der Waals surface area contributed by atoms with Gasteiger partial charge >= 0.3 is 0 Å². The third kappa shape index (κ3) is 2.65. The number of halogens is 1. The van der Waals surface area contributed by atoms with Gasteiger partial charge in [0.1, 0.15) is 6.04 Å². The van der Waals surface area contributed by atoms with Gasteiger partial charge in [0.15, 0.2) is 0 Å². The monoisotopic (exact) mass is 372 g/mol. The fourth-order valence-electron chi connectivity index (χ4n) is 4.65. The van der Waals surface area contributed by atoms with Crippen molar-refractivity contribution in [3.05, 3.63) is 41.4 Å². The lowest BCUT2D eigenvalue weighted by Crippen LogP contribution is -2.47. The highest BCUT2D eigenvalue weighted by Gasteiger charge is 2.58. The Morgan fingerprint density at radius 1 is 1.12 bits per heavy atom. The summed E-state index contributed by atoms with van der Waals surface area (Å²) in [6.45, 7) is 1.82. The molecular weight excluding hydrogens is 352 g/mol. The van der Waals surface area contributed by atoms with Crippen LogP contribution in [0.1, 0.15) is 26.2 Å². The van der Waals surface area contributed by atoms with Gasteiger partial charge in [0.25, 0.3) is 0 Å². The van der Waals surface area contributed by atoms with E-state index in [1.54, 1.807) is 24.3 Å². The summed E-state index contributed by atoms with van der Waals surface area (Å²) in [5.41, 5.74) is 0.594. The van der Waals surface area contributed by atoms with E-state index in [-0.39, 0.29) is 41.4 Å². The van der Waals surface area contributed by atoms with Gasteiger partial charge in [0.2, 0.25) is 17.7 Å². The van der Waals surface area contributed by atoms with Crippen molar-refractivity contribution in [2.45, 2.75) is 32.2 Å². The molecule has 1 aliphatic heterocycles. The molecule has 2 bridgehead atoms. The molecule has 5 nitrogen and oxygen atoms in total. The van der Waals surface area contributed by atoms with Crippen LogP contribution in [0.5, 0.6) is 0 Å². The van der Waals surface area contributed by atoms with Crippen LogP contribution in [0.15, 0.2) is 36.4 Å². The molecule has 1 aromatic carbocycles. The Hall–Kier alpha value is -2.14. The molecule has 1 aromatic rings. The standard InChI is InChI=1S/C20H21ClN2O3/c1-2-15(18(24)22-14-9-7-13(21)8-10-14)23-19(25)16-11-3-4-12(6-5-11)17(16)20(23)26/h3-4,7-12,15-17H,2,5-6H2,1H3,(H,22,24)/t11-,12-,15+,16-,17+/m0/s1. The highest BCUT2D eigenvalue weighted by Crippen LogP contribution is 2.50.